The van der Waals surface area contributed by atoms with Crippen molar-refractivity contribution in [3.63, 3.8) is 0 Å². The van der Waals surface area contributed by atoms with Crippen LogP contribution in [-0.4, -0.2) is 43.0 Å². The molecule has 0 aromatic heterocycles. The van der Waals surface area contributed by atoms with Crippen molar-refractivity contribution >= 4 is 17.9 Å². The van der Waals surface area contributed by atoms with Gasteiger partial charge in [0, 0.05) is 18.7 Å². The number of nitrogens with one attached hydrogen (secondary N) is 1. The highest BCUT2D eigenvalue weighted by atomic mass is 16.5. The summed E-state index contributed by atoms with van der Waals surface area (Å²) in [4.78, 5) is 27.1. The number of ether oxygens (including phenoxy) is 1. The quantitative estimate of drug-likeness (QED) is 0.847. The summed E-state index contributed by atoms with van der Waals surface area (Å²) in [5.41, 5.74) is 1.91. The summed E-state index contributed by atoms with van der Waals surface area (Å²) in [5.74, 6) is -0.607. The van der Waals surface area contributed by atoms with Gasteiger partial charge in [0.1, 0.15) is 5.70 Å². The standard InChI is InChI=1S/C21H19N3O3/c22-15-17-8-6-16(7-9-17)14-19(21(26)24-10-12-27-13-11-24)23-20(25)18-4-2-1-3-5-18/h1-9,14H,10-13H2,(H,23,25). The molecule has 0 bridgehead atoms. The van der Waals surface area contributed by atoms with Gasteiger partial charge in [-0.05, 0) is 35.9 Å². The van der Waals surface area contributed by atoms with Crippen LogP contribution in [0.3, 0.4) is 0 Å². The van der Waals surface area contributed by atoms with Gasteiger partial charge < -0.3 is 15.0 Å². The van der Waals surface area contributed by atoms with Gasteiger partial charge >= 0.3 is 0 Å². The van der Waals surface area contributed by atoms with Crippen molar-refractivity contribution in [2.75, 3.05) is 26.3 Å². The minimum Gasteiger partial charge on any atom is -0.378 e. The van der Waals surface area contributed by atoms with Gasteiger partial charge in [-0.1, -0.05) is 30.3 Å². The number of carbonyl (C=O) groups excluding carboxylic acids is 2. The van der Waals surface area contributed by atoms with Crippen molar-refractivity contribution in [1.82, 2.24) is 10.2 Å². The number of hydrogen-bond donors (Lipinski definition) is 1. The van der Waals surface area contributed by atoms with Gasteiger partial charge in [-0.15, -0.1) is 0 Å². The largest absolute Gasteiger partial charge is 0.378 e. The molecule has 0 radical (unpaired) electrons. The first-order valence-corrected chi connectivity index (χ1v) is 8.62. The number of amides is 2. The molecule has 1 aliphatic heterocycles. The van der Waals surface area contributed by atoms with Crippen molar-refractivity contribution < 1.29 is 14.3 Å². The lowest BCUT2D eigenvalue weighted by molar-refractivity contribution is -0.131. The fraction of sp³-hybridized carbons (Fsp3) is 0.190. The Morgan fingerprint density at radius 2 is 1.70 bits per heavy atom. The zero-order valence-electron chi connectivity index (χ0n) is 14.7. The molecule has 2 amide bonds. The lowest BCUT2D eigenvalue weighted by Gasteiger charge is -2.27. The van der Waals surface area contributed by atoms with E-state index in [0.29, 0.717) is 37.4 Å². The maximum atomic E-state index is 12.9. The maximum absolute atomic E-state index is 12.9. The monoisotopic (exact) mass is 361 g/mol. The van der Waals surface area contributed by atoms with Crippen LogP contribution in [0.1, 0.15) is 21.5 Å². The normalized spacial score (nSPS) is 14.3. The average Bonchev–Trinajstić information content (AvgIpc) is 2.74. The second kappa shape index (κ2) is 8.79. The molecule has 0 unspecified atom stereocenters. The van der Waals surface area contributed by atoms with E-state index in [2.05, 4.69) is 11.4 Å². The molecule has 2 aromatic rings. The summed E-state index contributed by atoms with van der Waals surface area (Å²) in [7, 11) is 0. The second-order valence-electron chi connectivity index (χ2n) is 6.02. The first-order valence-electron chi connectivity index (χ1n) is 8.62. The number of benzene rings is 2. The molecular formula is C21H19N3O3. The Kier molecular flexibility index (Phi) is 5.98. The van der Waals surface area contributed by atoms with Gasteiger partial charge in [0.25, 0.3) is 11.8 Å². The van der Waals surface area contributed by atoms with E-state index in [-0.39, 0.29) is 17.5 Å². The smallest absolute Gasteiger partial charge is 0.270 e. The van der Waals surface area contributed by atoms with Gasteiger partial charge in [0.05, 0.1) is 24.8 Å². The molecule has 6 heteroatoms. The third-order valence-electron chi connectivity index (χ3n) is 4.16. The molecule has 1 heterocycles. The molecule has 27 heavy (non-hydrogen) atoms. The molecule has 1 aliphatic rings. The summed E-state index contributed by atoms with van der Waals surface area (Å²) in [6.07, 6.45) is 1.62. The number of nitrogens with zero attached hydrogens (tertiary/aromatic N) is 2. The van der Waals surface area contributed by atoms with Crippen LogP contribution in [0.25, 0.3) is 6.08 Å². The van der Waals surface area contributed by atoms with Crippen molar-refractivity contribution in [1.29, 1.82) is 5.26 Å². The lowest BCUT2D eigenvalue weighted by atomic mass is 10.1. The Labute approximate surface area is 157 Å². The van der Waals surface area contributed by atoms with Gasteiger partial charge in [0.2, 0.25) is 0 Å². The van der Waals surface area contributed by atoms with Crippen molar-refractivity contribution in [2.45, 2.75) is 0 Å². The van der Waals surface area contributed by atoms with Crippen LogP contribution in [0.15, 0.2) is 60.3 Å². The highest BCUT2D eigenvalue weighted by Gasteiger charge is 2.22. The average molecular weight is 361 g/mol. The molecule has 6 nitrogen and oxygen atoms in total. The molecule has 1 N–H and O–H groups in total. The number of hydrogen-bond acceptors (Lipinski definition) is 4. The maximum Gasteiger partial charge on any atom is 0.270 e. The minimum absolute atomic E-state index is 0.190. The minimum atomic E-state index is -0.350. The molecule has 0 atom stereocenters. The highest BCUT2D eigenvalue weighted by molar-refractivity contribution is 6.05. The van der Waals surface area contributed by atoms with E-state index in [4.69, 9.17) is 10.00 Å². The first-order chi connectivity index (χ1) is 13.2. The Morgan fingerprint density at radius 3 is 2.33 bits per heavy atom. The fourth-order valence-corrected chi connectivity index (χ4v) is 2.69. The number of carbonyl (C=O) groups is 2. The predicted molar refractivity (Wildman–Crippen MR) is 100 cm³/mol. The third-order valence-corrected chi connectivity index (χ3v) is 4.16. The van der Waals surface area contributed by atoms with E-state index in [1.54, 1.807) is 59.5 Å². The van der Waals surface area contributed by atoms with E-state index >= 15 is 0 Å². The second-order valence-corrected chi connectivity index (χ2v) is 6.02. The van der Waals surface area contributed by atoms with Crippen molar-refractivity contribution in [3.05, 3.63) is 77.0 Å². The summed E-state index contributed by atoms with van der Waals surface area (Å²) in [6.45, 7) is 1.90. The predicted octanol–water partition coefficient (Wildman–Crippen LogP) is 2.19. The fourth-order valence-electron chi connectivity index (χ4n) is 2.69. The van der Waals surface area contributed by atoms with Crippen LogP contribution < -0.4 is 5.32 Å². The van der Waals surface area contributed by atoms with Crippen molar-refractivity contribution in [2.24, 2.45) is 0 Å². The van der Waals surface area contributed by atoms with Crippen LogP contribution >= 0.6 is 0 Å². The Morgan fingerprint density at radius 1 is 1.04 bits per heavy atom. The van der Waals surface area contributed by atoms with E-state index < -0.39 is 0 Å². The molecule has 1 fully saturated rings. The summed E-state index contributed by atoms with van der Waals surface area (Å²) in [6, 6.07) is 17.6. The van der Waals surface area contributed by atoms with Gasteiger partial charge in [-0.25, -0.2) is 0 Å². The van der Waals surface area contributed by atoms with Gasteiger partial charge in [-0.2, -0.15) is 5.26 Å². The van der Waals surface area contributed by atoms with Crippen LogP contribution in [0.2, 0.25) is 0 Å². The molecule has 2 aromatic carbocycles. The Balaban J connectivity index is 1.87. The zero-order chi connectivity index (χ0) is 19.1. The summed E-state index contributed by atoms with van der Waals surface area (Å²) < 4.78 is 5.29. The molecule has 0 saturated carbocycles. The molecule has 3 rings (SSSR count). The molecule has 0 spiro atoms. The Hall–Kier alpha value is -3.43. The van der Waals surface area contributed by atoms with Crippen LogP contribution in [0.5, 0.6) is 0 Å². The highest BCUT2D eigenvalue weighted by Crippen LogP contribution is 2.12. The summed E-state index contributed by atoms with van der Waals surface area (Å²) >= 11 is 0. The van der Waals surface area contributed by atoms with E-state index in [1.165, 1.54) is 0 Å². The lowest BCUT2D eigenvalue weighted by Crippen LogP contribution is -2.44. The third kappa shape index (κ3) is 4.81. The number of nitriles is 1. The zero-order valence-corrected chi connectivity index (χ0v) is 14.7. The number of morpholine rings is 1. The molecule has 1 saturated heterocycles. The SMILES string of the molecule is N#Cc1ccc(C=C(NC(=O)c2ccccc2)C(=O)N2CCOCC2)cc1. The van der Waals surface area contributed by atoms with Crippen LogP contribution in [0.4, 0.5) is 0 Å². The van der Waals surface area contributed by atoms with Gasteiger partial charge in [0.15, 0.2) is 0 Å². The molecule has 0 aliphatic carbocycles. The van der Waals surface area contributed by atoms with E-state index in [1.807, 2.05) is 6.07 Å². The topological polar surface area (TPSA) is 82.4 Å². The van der Waals surface area contributed by atoms with E-state index in [0.717, 1.165) is 5.56 Å². The molecule has 136 valence electrons. The van der Waals surface area contributed by atoms with Crippen molar-refractivity contribution in [3.8, 4) is 6.07 Å². The number of rotatable bonds is 4. The first kappa shape index (κ1) is 18.4. The summed E-state index contributed by atoms with van der Waals surface area (Å²) in [5, 5.41) is 11.7. The van der Waals surface area contributed by atoms with Crippen LogP contribution in [0, 0.1) is 11.3 Å². The van der Waals surface area contributed by atoms with Gasteiger partial charge in [-0.3, -0.25) is 9.59 Å². The molecular weight excluding hydrogens is 342 g/mol. The van der Waals surface area contributed by atoms with E-state index in [9.17, 15) is 9.59 Å². The Bertz CT molecular complexity index is 877. The van der Waals surface area contributed by atoms with Crippen LogP contribution in [-0.2, 0) is 9.53 Å².